The Bertz CT molecular complexity index is 605. The van der Waals surface area contributed by atoms with E-state index in [0.717, 1.165) is 11.4 Å². The normalized spacial score (nSPS) is 10.1. The predicted octanol–water partition coefficient (Wildman–Crippen LogP) is 4.42. The van der Waals surface area contributed by atoms with Crippen LogP contribution in [0.1, 0.15) is 16.7 Å². The molecule has 0 aliphatic heterocycles. The molecule has 0 atom stereocenters. The molecule has 0 saturated heterocycles. The van der Waals surface area contributed by atoms with E-state index in [1.165, 1.54) is 16.7 Å². The van der Waals surface area contributed by atoms with Gasteiger partial charge in [-0.25, -0.2) is 0 Å². The molecule has 0 heterocycles. The van der Waals surface area contributed by atoms with Gasteiger partial charge in [-0.1, -0.05) is 30.3 Å². The maximum absolute atomic E-state index is 5.36. The molecule has 3 heteroatoms. The first kappa shape index (κ1) is 13.6. The van der Waals surface area contributed by atoms with E-state index in [1.54, 1.807) is 0 Å². The van der Waals surface area contributed by atoms with Crippen LogP contribution in [0, 0.1) is 20.8 Å². The van der Waals surface area contributed by atoms with E-state index in [1.807, 2.05) is 30.3 Å². The molecule has 0 saturated carbocycles. The van der Waals surface area contributed by atoms with Crippen molar-refractivity contribution in [2.45, 2.75) is 20.8 Å². The Morgan fingerprint density at radius 1 is 0.789 bits per heavy atom. The van der Waals surface area contributed by atoms with E-state index >= 15 is 0 Å². The fourth-order valence-electron chi connectivity index (χ4n) is 1.88. The van der Waals surface area contributed by atoms with Crippen LogP contribution >= 0.6 is 12.2 Å². The van der Waals surface area contributed by atoms with Crippen LogP contribution in [0.2, 0.25) is 0 Å². The van der Waals surface area contributed by atoms with Gasteiger partial charge in [-0.3, -0.25) is 0 Å². The Kier molecular flexibility index (Phi) is 4.17. The molecule has 0 aliphatic rings. The van der Waals surface area contributed by atoms with Crippen LogP contribution in [0.4, 0.5) is 11.4 Å². The Morgan fingerprint density at radius 2 is 1.37 bits per heavy atom. The van der Waals surface area contributed by atoms with Crippen LogP contribution in [0.25, 0.3) is 0 Å². The van der Waals surface area contributed by atoms with Crippen molar-refractivity contribution < 1.29 is 0 Å². The number of hydrogen-bond donors (Lipinski definition) is 2. The average Bonchev–Trinajstić information content (AvgIpc) is 2.38. The number of nitrogens with one attached hydrogen (secondary N) is 2. The monoisotopic (exact) mass is 270 g/mol. The van der Waals surface area contributed by atoms with Gasteiger partial charge in [0.2, 0.25) is 0 Å². The first-order valence-corrected chi connectivity index (χ1v) is 6.68. The van der Waals surface area contributed by atoms with Gasteiger partial charge in [-0.15, -0.1) is 0 Å². The number of thiocarbonyl (C=S) groups is 1. The van der Waals surface area contributed by atoms with Gasteiger partial charge in [-0.2, -0.15) is 0 Å². The minimum absolute atomic E-state index is 0.614. The number of benzene rings is 2. The maximum Gasteiger partial charge on any atom is 0.175 e. The zero-order chi connectivity index (χ0) is 13.8. The summed E-state index contributed by atoms with van der Waals surface area (Å²) in [6.45, 7) is 6.25. The van der Waals surface area contributed by atoms with Gasteiger partial charge in [0.05, 0.1) is 0 Å². The highest BCUT2D eigenvalue weighted by atomic mass is 32.1. The molecule has 2 nitrogen and oxygen atoms in total. The number of rotatable bonds is 2. The van der Waals surface area contributed by atoms with Crippen LogP contribution in [0.15, 0.2) is 42.5 Å². The summed E-state index contributed by atoms with van der Waals surface area (Å²) in [5.74, 6) is 0. The number of aryl methyl sites for hydroxylation is 2. The number of hydrogen-bond acceptors (Lipinski definition) is 1. The van der Waals surface area contributed by atoms with Crippen LogP contribution in [-0.2, 0) is 0 Å². The van der Waals surface area contributed by atoms with Crippen molar-refractivity contribution in [1.29, 1.82) is 0 Å². The van der Waals surface area contributed by atoms with E-state index in [2.05, 4.69) is 43.5 Å². The van der Waals surface area contributed by atoms with Crippen molar-refractivity contribution in [2.24, 2.45) is 0 Å². The molecular formula is C16H18N2S. The molecule has 2 N–H and O–H groups in total. The molecule has 0 aromatic heterocycles. The second kappa shape index (κ2) is 5.85. The van der Waals surface area contributed by atoms with E-state index < -0.39 is 0 Å². The molecule has 2 aromatic carbocycles. The summed E-state index contributed by atoms with van der Waals surface area (Å²) in [5.41, 5.74) is 5.73. The summed E-state index contributed by atoms with van der Waals surface area (Å²) in [5, 5.41) is 7.09. The highest BCUT2D eigenvalue weighted by Crippen LogP contribution is 2.19. The summed E-state index contributed by atoms with van der Waals surface area (Å²) in [6.07, 6.45) is 0. The zero-order valence-corrected chi connectivity index (χ0v) is 12.3. The fourth-order valence-corrected chi connectivity index (χ4v) is 2.10. The van der Waals surface area contributed by atoms with Gasteiger partial charge < -0.3 is 10.6 Å². The molecule has 0 unspecified atom stereocenters. The Labute approximate surface area is 119 Å². The number of anilines is 2. The lowest BCUT2D eigenvalue weighted by Crippen LogP contribution is -2.20. The molecule has 0 aliphatic carbocycles. The van der Waals surface area contributed by atoms with E-state index in [9.17, 15) is 0 Å². The third-order valence-electron chi connectivity index (χ3n) is 3.25. The van der Waals surface area contributed by atoms with Crippen LogP contribution in [0.3, 0.4) is 0 Å². The van der Waals surface area contributed by atoms with Crippen molar-refractivity contribution in [2.75, 3.05) is 10.6 Å². The van der Waals surface area contributed by atoms with Crippen molar-refractivity contribution in [1.82, 2.24) is 0 Å². The lowest BCUT2D eigenvalue weighted by Gasteiger charge is -2.14. The largest absolute Gasteiger partial charge is 0.332 e. The quantitative estimate of drug-likeness (QED) is 0.790. The Hall–Kier alpha value is -1.87. The zero-order valence-electron chi connectivity index (χ0n) is 11.4. The van der Waals surface area contributed by atoms with Crippen LogP contribution < -0.4 is 10.6 Å². The SMILES string of the molecule is Cc1ccccc1NC(=S)Nc1cccc(C)c1C. The van der Waals surface area contributed by atoms with Gasteiger partial charge in [0.1, 0.15) is 0 Å². The molecule has 2 aromatic rings. The minimum atomic E-state index is 0.614. The smallest absolute Gasteiger partial charge is 0.175 e. The first-order chi connectivity index (χ1) is 9.08. The molecule has 98 valence electrons. The van der Waals surface area contributed by atoms with Gasteiger partial charge in [0.25, 0.3) is 0 Å². The van der Waals surface area contributed by atoms with Gasteiger partial charge in [0.15, 0.2) is 5.11 Å². The minimum Gasteiger partial charge on any atom is -0.332 e. The second-order valence-corrected chi connectivity index (χ2v) is 5.05. The third kappa shape index (κ3) is 3.32. The Morgan fingerprint density at radius 3 is 2.11 bits per heavy atom. The van der Waals surface area contributed by atoms with E-state index in [0.29, 0.717) is 5.11 Å². The standard InChI is InChI=1S/C16H18N2S/c1-11-8-6-10-15(13(11)3)18-16(19)17-14-9-5-4-7-12(14)2/h4-10H,1-3H3,(H2,17,18,19). The van der Waals surface area contributed by atoms with Crippen molar-refractivity contribution in [3.63, 3.8) is 0 Å². The summed E-state index contributed by atoms with van der Waals surface area (Å²) < 4.78 is 0. The highest BCUT2D eigenvalue weighted by molar-refractivity contribution is 7.80. The lowest BCUT2D eigenvalue weighted by molar-refractivity contribution is 1.34. The Balaban J connectivity index is 2.10. The highest BCUT2D eigenvalue weighted by Gasteiger charge is 2.04. The summed E-state index contributed by atoms with van der Waals surface area (Å²) >= 11 is 5.36. The molecule has 0 radical (unpaired) electrons. The molecule has 2 rings (SSSR count). The van der Waals surface area contributed by atoms with Crippen molar-refractivity contribution in [3.05, 3.63) is 59.2 Å². The molecule has 19 heavy (non-hydrogen) atoms. The average molecular weight is 270 g/mol. The maximum atomic E-state index is 5.36. The third-order valence-corrected chi connectivity index (χ3v) is 3.45. The summed E-state index contributed by atoms with van der Waals surface area (Å²) in [4.78, 5) is 0. The summed E-state index contributed by atoms with van der Waals surface area (Å²) in [6, 6.07) is 14.3. The first-order valence-electron chi connectivity index (χ1n) is 6.28. The van der Waals surface area contributed by atoms with Gasteiger partial charge >= 0.3 is 0 Å². The second-order valence-electron chi connectivity index (χ2n) is 4.64. The van der Waals surface area contributed by atoms with Crippen LogP contribution in [-0.4, -0.2) is 5.11 Å². The predicted molar refractivity (Wildman–Crippen MR) is 86.9 cm³/mol. The van der Waals surface area contributed by atoms with E-state index in [4.69, 9.17) is 12.2 Å². The molecule has 0 amide bonds. The topological polar surface area (TPSA) is 24.1 Å². The molecular weight excluding hydrogens is 252 g/mol. The van der Waals surface area contributed by atoms with Crippen molar-refractivity contribution >= 4 is 28.7 Å². The van der Waals surface area contributed by atoms with Crippen LogP contribution in [0.5, 0.6) is 0 Å². The van der Waals surface area contributed by atoms with Gasteiger partial charge in [0, 0.05) is 11.4 Å². The van der Waals surface area contributed by atoms with Crippen molar-refractivity contribution in [3.8, 4) is 0 Å². The summed E-state index contributed by atoms with van der Waals surface area (Å²) in [7, 11) is 0. The van der Waals surface area contributed by atoms with E-state index in [-0.39, 0.29) is 0 Å². The fraction of sp³-hybridized carbons (Fsp3) is 0.188. The van der Waals surface area contributed by atoms with Gasteiger partial charge in [-0.05, 0) is 61.8 Å². The molecule has 0 spiro atoms. The molecule has 0 bridgehead atoms. The number of para-hydroxylation sites is 1. The lowest BCUT2D eigenvalue weighted by atomic mass is 10.1. The molecule has 0 fully saturated rings.